The molecule has 118 valence electrons. The number of phenolic OH excluding ortho intramolecular Hbond substituents is 1. The quantitative estimate of drug-likeness (QED) is 0.665. The van der Waals surface area contributed by atoms with E-state index in [-0.39, 0.29) is 17.7 Å². The monoisotopic (exact) mass is 300 g/mol. The third kappa shape index (κ3) is 3.17. The average molecular weight is 300 g/mol. The number of anilines is 1. The lowest BCUT2D eigenvalue weighted by atomic mass is 9.88. The molecule has 1 fully saturated rings. The SMILES string of the molecule is C=C[C@H]1C(=O)Nc2ccc(O)cc2CN1CC1CCCCC1. The minimum atomic E-state index is -0.309. The molecule has 1 aromatic rings. The van der Waals surface area contributed by atoms with E-state index in [1.54, 1.807) is 24.3 Å². The Bertz CT molecular complexity index is 564. The van der Waals surface area contributed by atoms with Crippen molar-refractivity contribution in [3.63, 3.8) is 0 Å². The molecule has 0 bridgehead atoms. The van der Waals surface area contributed by atoms with E-state index in [0.29, 0.717) is 12.5 Å². The lowest BCUT2D eigenvalue weighted by Crippen LogP contribution is -2.42. The number of aromatic hydroxyl groups is 1. The van der Waals surface area contributed by atoms with Crippen LogP contribution in [0.5, 0.6) is 5.75 Å². The number of hydrogen-bond donors (Lipinski definition) is 2. The Morgan fingerprint density at radius 3 is 2.82 bits per heavy atom. The molecule has 0 spiro atoms. The highest BCUT2D eigenvalue weighted by atomic mass is 16.3. The summed E-state index contributed by atoms with van der Waals surface area (Å²) in [4.78, 5) is 14.7. The highest BCUT2D eigenvalue weighted by molar-refractivity contribution is 5.97. The van der Waals surface area contributed by atoms with Crippen molar-refractivity contribution < 1.29 is 9.90 Å². The molecule has 0 saturated heterocycles. The third-order valence-corrected chi connectivity index (χ3v) is 4.82. The summed E-state index contributed by atoms with van der Waals surface area (Å²) in [6, 6.07) is 4.82. The van der Waals surface area contributed by atoms with Crippen LogP contribution < -0.4 is 5.32 Å². The van der Waals surface area contributed by atoms with E-state index in [0.717, 1.165) is 17.8 Å². The molecule has 22 heavy (non-hydrogen) atoms. The summed E-state index contributed by atoms with van der Waals surface area (Å²) in [5.41, 5.74) is 1.76. The van der Waals surface area contributed by atoms with E-state index in [4.69, 9.17) is 0 Å². The number of fused-ring (bicyclic) bond motifs is 1. The third-order valence-electron chi connectivity index (χ3n) is 4.82. The van der Waals surface area contributed by atoms with E-state index in [9.17, 15) is 9.90 Å². The molecule has 4 nitrogen and oxygen atoms in total. The minimum Gasteiger partial charge on any atom is -0.508 e. The Labute approximate surface area is 131 Å². The largest absolute Gasteiger partial charge is 0.508 e. The Hall–Kier alpha value is -1.81. The summed E-state index contributed by atoms with van der Waals surface area (Å²) < 4.78 is 0. The molecule has 1 aromatic carbocycles. The molecule has 0 radical (unpaired) electrons. The van der Waals surface area contributed by atoms with Gasteiger partial charge >= 0.3 is 0 Å². The van der Waals surface area contributed by atoms with Crippen molar-refractivity contribution in [2.75, 3.05) is 11.9 Å². The molecule has 1 aliphatic carbocycles. The maximum Gasteiger partial charge on any atom is 0.245 e. The van der Waals surface area contributed by atoms with Crippen LogP contribution in [0.15, 0.2) is 30.9 Å². The zero-order valence-electron chi connectivity index (χ0n) is 12.9. The Balaban J connectivity index is 1.84. The van der Waals surface area contributed by atoms with Crippen LogP contribution in [0.1, 0.15) is 37.7 Å². The minimum absolute atomic E-state index is 0.0322. The Kier molecular flexibility index (Phi) is 4.48. The molecule has 0 unspecified atom stereocenters. The van der Waals surface area contributed by atoms with Gasteiger partial charge in [0.1, 0.15) is 11.8 Å². The predicted octanol–water partition coefficient (Wildman–Crippen LogP) is 3.28. The molecule has 2 N–H and O–H groups in total. The van der Waals surface area contributed by atoms with Gasteiger partial charge in [-0.3, -0.25) is 9.69 Å². The molecule has 1 aliphatic heterocycles. The summed E-state index contributed by atoms with van der Waals surface area (Å²) >= 11 is 0. The number of phenols is 1. The molecular weight excluding hydrogens is 276 g/mol. The van der Waals surface area contributed by atoms with Crippen molar-refractivity contribution in [2.45, 2.75) is 44.7 Å². The smallest absolute Gasteiger partial charge is 0.245 e. The van der Waals surface area contributed by atoms with Gasteiger partial charge in [-0.15, -0.1) is 6.58 Å². The summed E-state index contributed by atoms with van der Waals surface area (Å²) in [6.07, 6.45) is 8.13. The lowest BCUT2D eigenvalue weighted by molar-refractivity contribution is -0.119. The number of amides is 1. The first-order valence-electron chi connectivity index (χ1n) is 8.16. The first kappa shape index (κ1) is 15.1. The van der Waals surface area contributed by atoms with Gasteiger partial charge in [-0.25, -0.2) is 0 Å². The Morgan fingerprint density at radius 1 is 1.32 bits per heavy atom. The summed E-state index contributed by atoms with van der Waals surface area (Å²) in [5.74, 6) is 0.862. The van der Waals surface area contributed by atoms with Gasteiger partial charge in [-0.05, 0) is 42.5 Å². The van der Waals surface area contributed by atoms with Crippen molar-refractivity contribution >= 4 is 11.6 Å². The summed E-state index contributed by atoms with van der Waals surface area (Å²) in [6.45, 7) is 5.43. The van der Waals surface area contributed by atoms with E-state index in [2.05, 4.69) is 16.8 Å². The second kappa shape index (κ2) is 6.53. The molecule has 1 saturated carbocycles. The normalized spacial score (nSPS) is 23.5. The zero-order chi connectivity index (χ0) is 15.5. The lowest BCUT2D eigenvalue weighted by Gasteiger charge is -2.32. The number of benzene rings is 1. The zero-order valence-corrected chi connectivity index (χ0v) is 12.9. The second-order valence-corrected chi connectivity index (χ2v) is 6.44. The number of carbonyl (C=O) groups excluding carboxylic acids is 1. The maximum absolute atomic E-state index is 12.5. The van der Waals surface area contributed by atoms with Gasteiger partial charge < -0.3 is 10.4 Å². The van der Waals surface area contributed by atoms with Gasteiger partial charge in [0.15, 0.2) is 0 Å². The fourth-order valence-electron chi connectivity index (χ4n) is 3.66. The number of nitrogens with one attached hydrogen (secondary N) is 1. The first-order chi connectivity index (χ1) is 10.7. The second-order valence-electron chi connectivity index (χ2n) is 6.44. The molecule has 1 heterocycles. The van der Waals surface area contributed by atoms with Crippen LogP contribution in [-0.4, -0.2) is 28.5 Å². The van der Waals surface area contributed by atoms with E-state index < -0.39 is 0 Å². The van der Waals surface area contributed by atoms with Gasteiger partial charge in [0.25, 0.3) is 0 Å². The van der Waals surface area contributed by atoms with Crippen LogP contribution in [0.4, 0.5) is 5.69 Å². The molecule has 4 heteroatoms. The van der Waals surface area contributed by atoms with Crippen molar-refractivity contribution in [2.24, 2.45) is 5.92 Å². The molecule has 2 aliphatic rings. The van der Waals surface area contributed by atoms with Gasteiger partial charge in [-0.2, -0.15) is 0 Å². The Morgan fingerprint density at radius 2 is 2.09 bits per heavy atom. The van der Waals surface area contributed by atoms with Crippen molar-refractivity contribution in [3.8, 4) is 5.75 Å². The fraction of sp³-hybridized carbons (Fsp3) is 0.500. The van der Waals surface area contributed by atoms with Crippen molar-refractivity contribution in [3.05, 3.63) is 36.4 Å². The predicted molar refractivity (Wildman–Crippen MR) is 87.7 cm³/mol. The number of carbonyl (C=O) groups is 1. The van der Waals surface area contributed by atoms with Crippen LogP contribution >= 0.6 is 0 Å². The van der Waals surface area contributed by atoms with Crippen LogP contribution in [0.3, 0.4) is 0 Å². The fourth-order valence-corrected chi connectivity index (χ4v) is 3.66. The summed E-state index contributed by atoms with van der Waals surface area (Å²) in [5, 5.41) is 12.7. The molecule has 3 rings (SSSR count). The van der Waals surface area contributed by atoms with E-state index in [1.165, 1.54) is 32.1 Å². The van der Waals surface area contributed by atoms with E-state index >= 15 is 0 Å². The number of rotatable bonds is 3. The number of nitrogens with zero attached hydrogens (tertiary/aromatic N) is 1. The maximum atomic E-state index is 12.5. The van der Waals surface area contributed by atoms with Gasteiger partial charge in [-0.1, -0.05) is 25.3 Å². The molecular formula is C18H24N2O2. The first-order valence-corrected chi connectivity index (χ1v) is 8.16. The summed E-state index contributed by atoms with van der Waals surface area (Å²) in [7, 11) is 0. The van der Waals surface area contributed by atoms with Crippen molar-refractivity contribution in [1.29, 1.82) is 0 Å². The van der Waals surface area contributed by atoms with Gasteiger partial charge in [0, 0.05) is 18.8 Å². The van der Waals surface area contributed by atoms with Crippen LogP contribution in [0, 0.1) is 5.92 Å². The standard InChI is InChI=1S/C18H24N2O2/c1-2-17-18(22)19-16-9-8-15(21)10-14(16)12-20(17)11-13-6-4-3-5-7-13/h2,8-10,13,17,21H,1,3-7,11-12H2,(H,19,22)/t17-/m0/s1. The topological polar surface area (TPSA) is 52.6 Å². The van der Waals surface area contributed by atoms with E-state index in [1.807, 2.05) is 0 Å². The van der Waals surface area contributed by atoms with Crippen LogP contribution in [0.25, 0.3) is 0 Å². The van der Waals surface area contributed by atoms with Gasteiger partial charge in [0.2, 0.25) is 5.91 Å². The van der Waals surface area contributed by atoms with Crippen LogP contribution in [0.2, 0.25) is 0 Å². The molecule has 1 atom stereocenters. The highest BCUT2D eigenvalue weighted by Gasteiger charge is 2.30. The van der Waals surface area contributed by atoms with Gasteiger partial charge in [0.05, 0.1) is 0 Å². The number of hydrogen-bond acceptors (Lipinski definition) is 3. The molecule has 1 amide bonds. The average Bonchev–Trinajstić information content (AvgIpc) is 2.63. The highest BCUT2D eigenvalue weighted by Crippen LogP contribution is 2.30. The van der Waals surface area contributed by atoms with Crippen LogP contribution in [-0.2, 0) is 11.3 Å². The molecule has 0 aromatic heterocycles. The van der Waals surface area contributed by atoms with Crippen molar-refractivity contribution in [1.82, 2.24) is 4.90 Å².